The van der Waals surface area contributed by atoms with E-state index >= 15 is 0 Å². The van der Waals surface area contributed by atoms with Gasteiger partial charge in [0.25, 0.3) is 5.69 Å². The van der Waals surface area contributed by atoms with Gasteiger partial charge in [0, 0.05) is 12.1 Å². The molecule has 0 amide bonds. The van der Waals surface area contributed by atoms with Gasteiger partial charge in [-0.2, -0.15) is 0 Å². The van der Waals surface area contributed by atoms with Crippen LogP contribution in [0, 0.1) is 17.0 Å². The summed E-state index contributed by atoms with van der Waals surface area (Å²) in [5.74, 6) is 0. The second-order valence-electron chi connectivity index (χ2n) is 3.87. The Morgan fingerprint density at radius 1 is 1.06 bits per heavy atom. The summed E-state index contributed by atoms with van der Waals surface area (Å²) in [5.41, 5.74) is 8.55. The van der Waals surface area contributed by atoms with Crippen molar-refractivity contribution in [3.63, 3.8) is 0 Å². The molecule has 2 aromatic carbocycles. The van der Waals surface area contributed by atoms with Crippen molar-refractivity contribution in [2.45, 2.75) is 6.92 Å². The summed E-state index contributed by atoms with van der Waals surface area (Å²) in [6.45, 7) is 1.89. The van der Waals surface area contributed by atoms with E-state index in [2.05, 4.69) is 10.9 Å². The molecule has 0 aliphatic carbocycles. The number of hydrogen-bond acceptors (Lipinski definition) is 4. The van der Waals surface area contributed by atoms with Crippen molar-refractivity contribution < 1.29 is 4.92 Å². The van der Waals surface area contributed by atoms with Crippen molar-refractivity contribution in [1.82, 2.24) is 0 Å². The Morgan fingerprint density at radius 3 is 2.44 bits per heavy atom. The monoisotopic (exact) mass is 243 g/mol. The van der Waals surface area contributed by atoms with Crippen LogP contribution in [0.5, 0.6) is 0 Å². The van der Waals surface area contributed by atoms with Gasteiger partial charge in [-0.15, -0.1) is 0 Å². The van der Waals surface area contributed by atoms with E-state index in [1.54, 1.807) is 6.07 Å². The van der Waals surface area contributed by atoms with Crippen LogP contribution in [0.3, 0.4) is 0 Å². The molecule has 2 rings (SSSR count). The predicted molar refractivity (Wildman–Crippen MR) is 71.5 cm³/mol. The van der Waals surface area contributed by atoms with Gasteiger partial charge in [-0.1, -0.05) is 24.3 Å². The van der Waals surface area contributed by atoms with Crippen LogP contribution >= 0.6 is 0 Å². The highest BCUT2D eigenvalue weighted by Gasteiger charge is 2.08. The van der Waals surface area contributed by atoms with Crippen LogP contribution in [0.15, 0.2) is 48.5 Å². The fraction of sp³-hybridized carbons (Fsp3) is 0.0769. The van der Waals surface area contributed by atoms with E-state index in [1.807, 2.05) is 37.3 Å². The molecule has 0 saturated carbocycles. The maximum Gasteiger partial charge on any atom is 0.271 e. The van der Waals surface area contributed by atoms with Gasteiger partial charge in [-0.05, 0) is 24.6 Å². The molecular formula is C13H13N3O2. The normalized spacial score (nSPS) is 9.83. The first-order valence-electron chi connectivity index (χ1n) is 5.49. The predicted octanol–water partition coefficient (Wildman–Crippen LogP) is 3.34. The zero-order valence-corrected chi connectivity index (χ0v) is 9.88. The van der Waals surface area contributed by atoms with E-state index in [0.717, 1.165) is 11.3 Å². The van der Waals surface area contributed by atoms with Crippen molar-refractivity contribution in [3.05, 3.63) is 64.2 Å². The highest BCUT2D eigenvalue weighted by molar-refractivity contribution is 5.60. The van der Waals surface area contributed by atoms with E-state index in [0.29, 0.717) is 5.69 Å². The van der Waals surface area contributed by atoms with Gasteiger partial charge in [-0.25, -0.2) is 0 Å². The van der Waals surface area contributed by atoms with Gasteiger partial charge >= 0.3 is 0 Å². The first kappa shape index (κ1) is 11.9. The molecule has 18 heavy (non-hydrogen) atoms. The van der Waals surface area contributed by atoms with Crippen molar-refractivity contribution in [3.8, 4) is 0 Å². The van der Waals surface area contributed by atoms with Crippen LogP contribution in [0.2, 0.25) is 0 Å². The molecule has 0 atom stereocenters. The number of non-ortho nitro benzene ring substituents is 1. The second-order valence-corrected chi connectivity index (χ2v) is 3.87. The molecule has 5 nitrogen and oxygen atoms in total. The minimum Gasteiger partial charge on any atom is -0.301 e. The Morgan fingerprint density at radius 2 is 1.78 bits per heavy atom. The van der Waals surface area contributed by atoms with E-state index in [1.165, 1.54) is 12.1 Å². The molecule has 5 heteroatoms. The topological polar surface area (TPSA) is 67.2 Å². The number of para-hydroxylation sites is 1. The third kappa shape index (κ3) is 2.76. The molecule has 0 aliphatic rings. The van der Waals surface area contributed by atoms with E-state index in [9.17, 15) is 10.1 Å². The number of aryl methyl sites for hydroxylation is 1. The molecule has 0 unspecified atom stereocenters. The lowest BCUT2D eigenvalue weighted by atomic mass is 10.2. The molecular weight excluding hydrogens is 230 g/mol. The van der Waals surface area contributed by atoms with Gasteiger partial charge in [0.05, 0.1) is 16.3 Å². The minimum atomic E-state index is -0.410. The Hall–Kier alpha value is -2.56. The molecule has 92 valence electrons. The fourth-order valence-corrected chi connectivity index (χ4v) is 1.52. The number of nitrogens with one attached hydrogen (secondary N) is 2. The summed E-state index contributed by atoms with van der Waals surface area (Å²) in [7, 11) is 0. The van der Waals surface area contributed by atoms with E-state index in [4.69, 9.17) is 0 Å². The molecule has 0 bridgehead atoms. The SMILES string of the molecule is Cc1ccc([N+](=O)[O-])cc1NNc1ccccc1. The summed E-state index contributed by atoms with van der Waals surface area (Å²) in [6.07, 6.45) is 0. The number of rotatable bonds is 4. The molecule has 2 aromatic rings. The molecule has 0 saturated heterocycles. The number of nitrogens with zero attached hydrogens (tertiary/aromatic N) is 1. The summed E-state index contributed by atoms with van der Waals surface area (Å²) in [6, 6.07) is 14.2. The van der Waals surface area contributed by atoms with Gasteiger partial charge in [0.15, 0.2) is 0 Å². The number of benzene rings is 2. The van der Waals surface area contributed by atoms with Gasteiger partial charge in [0.2, 0.25) is 0 Å². The van der Waals surface area contributed by atoms with Crippen LogP contribution in [0.25, 0.3) is 0 Å². The van der Waals surface area contributed by atoms with Crippen LogP contribution in [-0.4, -0.2) is 4.92 Å². The lowest BCUT2D eigenvalue weighted by molar-refractivity contribution is -0.384. The maximum absolute atomic E-state index is 10.7. The van der Waals surface area contributed by atoms with Crippen molar-refractivity contribution in [1.29, 1.82) is 0 Å². The van der Waals surface area contributed by atoms with Crippen LogP contribution < -0.4 is 10.9 Å². The van der Waals surface area contributed by atoms with E-state index < -0.39 is 4.92 Å². The second kappa shape index (κ2) is 5.18. The molecule has 0 aliphatic heterocycles. The summed E-state index contributed by atoms with van der Waals surface area (Å²) >= 11 is 0. The lowest BCUT2D eigenvalue weighted by Crippen LogP contribution is -2.09. The standard InChI is InChI=1S/C13H13N3O2/c1-10-7-8-12(16(17)18)9-13(10)15-14-11-5-3-2-4-6-11/h2-9,14-15H,1H3. The number of nitro benzene ring substituents is 1. The number of hydrazine groups is 1. The van der Waals surface area contributed by atoms with Gasteiger partial charge in [-0.3, -0.25) is 10.1 Å². The van der Waals surface area contributed by atoms with Crippen LogP contribution in [0.4, 0.5) is 17.1 Å². The van der Waals surface area contributed by atoms with Crippen molar-refractivity contribution in [2.24, 2.45) is 0 Å². The van der Waals surface area contributed by atoms with Gasteiger partial charge in [0.1, 0.15) is 0 Å². The molecule has 0 heterocycles. The number of anilines is 2. The lowest BCUT2D eigenvalue weighted by Gasteiger charge is -2.11. The Bertz CT molecular complexity index is 555. The molecule has 0 aromatic heterocycles. The smallest absolute Gasteiger partial charge is 0.271 e. The van der Waals surface area contributed by atoms with E-state index in [-0.39, 0.29) is 5.69 Å². The zero-order valence-electron chi connectivity index (χ0n) is 9.88. The largest absolute Gasteiger partial charge is 0.301 e. The molecule has 2 N–H and O–H groups in total. The Kier molecular flexibility index (Phi) is 3.43. The first-order valence-corrected chi connectivity index (χ1v) is 5.49. The summed E-state index contributed by atoms with van der Waals surface area (Å²) < 4.78 is 0. The minimum absolute atomic E-state index is 0.0676. The maximum atomic E-state index is 10.7. The quantitative estimate of drug-likeness (QED) is 0.638. The Balaban J connectivity index is 2.14. The molecule has 0 radical (unpaired) electrons. The zero-order chi connectivity index (χ0) is 13.0. The average Bonchev–Trinajstić information content (AvgIpc) is 2.38. The summed E-state index contributed by atoms with van der Waals surface area (Å²) in [4.78, 5) is 10.3. The molecule has 0 fully saturated rings. The summed E-state index contributed by atoms with van der Waals surface area (Å²) in [5, 5.41) is 10.7. The number of nitro groups is 1. The highest BCUT2D eigenvalue weighted by Crippen LogP contribution is 2.21. The third-order valence-corrected chi connectivity index (χ3v) is 2.55. The van der Waals surface area contributed by atoms with Crippen molar-refractivity contribution >= 4 is 17.1 Å². The third-order valence-electron chi connectivity index (χ3n) is 2.55. The Labute approximate surface area is 105 Å². The average molecular weight is 243 g/mol. The van der Waals surface area contributed by atoms with Crippen molar-refractivity contribution in [2.75, 3.05) is 10.9 Å². The van der Waals surface area contributed by atoms with Crippen LogP contribution in [0.1, 0.15) is 5.56 Å². The molecule has 0 spiro atoms. The van der Waals surface area contributed by atoms with Gasteiger partial charge < -0.3 is 10.9 Å². The number of hydrogen-bond donors (Lipinski definition) is 2. The fourth-order valence-electron chi connectivity index (χ4n) is 1.52. The van der Waals surface area contributed by atoms with Crippen LogP contribution in [-0.2, 0) is 0 Å². The first-order chi connectivity index (χ1) is 8.66. The highest BCUT2D eigenvalue weighted by atomic mass is 16.6.